The molecule has 4 heteroatoms. The lowest BCUT2D eigenvalue weighted by Gasteiger charge is -2.15. The Morgan fingerprint density at radius 3 is 3.00 bits per heavy atom. The normalized spacial score (nSPS) is 33.5. The summed E-state index contributed by atoms with van der Waals surface area (Å²) in [5.41, 5.74) is 0. The Bertz CT molecular complexity index is 200. The highest BCUT2D eigenvalue weighted by Gasteiger charge is 2.18. The van der Waals surface area contributed by atoms with Crippen LogP contribution in [0.2, 0.25) is 0 Å². The van der Waals surface area contributed by atoms with Gasteiger partial charge in [0.25, 0.3) is 0 Å². The first-order chi connectivity index (χ1) is 6.20. The Kier molecular flexibility index (Phi) is 3.92. The SMILES string of the molecule is O=C1CC(O)C(O)/C=C\CCCO1. The molecule has 74 valence electrons. The zero-order valence-corrected chi connectivity index (χ0v) is 7.35. The van der Waals surface area contributed by atoms with Crippen molar-refractivity contribution in [3.63, 3.8) is 0 Å². The van der Waals surface area contributed by atoms with E-state index in [0.717, 1.165) is 12.8 Å². The molecule has 2 N–H and O–H groups in total. The van der Waals surface area contributed by atoms with E-state index in [-0.39, 0.29) is 6.42 Å². The topological polar surface area (TPSA) is 66.8 Å². The molecule has 1 aliphatic heterocycles. The third-order valence-corrected chi connectivity index (χ3v) is 1.88. The van der Waals surface area contributed by atoms with Crippen LogP contribution in [0.5, 0.6) is 0 Å². The molecule has 0 saturated heterocycles. The van der Waals surface area contributed by atoms with Crippen LogP contribution in [0.1, 0.15) is 19.3 Å². The zero-order valence-electron chi connectivity index (χ0n) is 7.35. The highest BCUT2D eigenvalue weighted by Crippen LogP contribution is 2.06. The molecule has 13 heavy (non-hydrogen) atoms. The number of ether oxygens (including phenoxy) is 1. The van der Waals surface area contributed by atoms with Crippen LogP contribution in [0.15, 0.2) is 12.2 Å². The summed E-state index contributed by atoms with van der Waals surface area (Å²) < 4.78 is 4.79. The fourth-order valence-corrected chi connectivity index (χ4v) is 1.10. The van der Waals surface area contributed by atoms with Crippen LogP contribution >= 0.6 is 0 Å². The molecule has 1 aliphatic rings. The Morgan fingerprint density at radius 2 is 2.23 bits per heavy atom. The highest BCUT2D eigenvalue weighted by molar-refractivity contribution is 5.70. The summed E-state index contributed by atoms with van der Waals surface area (Å²) in [4.78, 5) is 10.9. The lowest BCUT2D eigenvalue weighted by atomic mass is 10.1. The first-order valence-electron chi connectivity index (χ1n) is 4.38. The molecular weight excluding hydrogens is 172 g/mol. The average Bonchev–Trinajstić information content (AvgIpc) is 2.09. The molecule has 1 heterocycles. The van der Waals surface area contributed by atoms with E-state index in [2.05, 4.69) is 0 Å². The van der Waals surface area contributed by atoms with E-state index in [9.17, 15) is 15.0 Å². The molecule has 0 bridgehead atoms. The van der Waals surface area contributed by atoms with Crippen LogP contribution in [0.3, 0.4) is 0 Å². The van der Waals surface area contributed by atoms with Gasteiger partial charge in [0.1, 0.15) is 0 Å². The standard InChI is InChI=1S/C9H14O4/c10-7-4-2-1-3-5-13-9(12)6-8(7)11/h2,4,7-8,10-11H,1,3,5-6H2/b4-2-. The van der Waals surface area contributed by atoms with Gasteiger partial charge in [0.15, 0.2) is 0 Å². The van der Waals surface area contributed by atoms with Crippen molar-refractivity contribution in [2.24, 2.45) is 0 Å². The van der Waals surface area contributed by atoms with E-state index in [1.807, 2.05) is 0 Å². The Hall–Kier alpha value is -0.870. The van der Waals surface area contributed by atoms with E-state index in [0.29, 0.717) is 6.61 Å². The maximum atomic E-state index is 10.9. The minimum atomic E-state index is -1.05. The van der Waals surface area contributed by atoms with Crippen LogP contribution in [0.25, 0.3) is 0 Å². The van der Waals surface area contributed by atoms with Crippen molar-refractivity contribution in [2.75, 3.05) is 6.61 Å². The molecule has 0 fully saturated rings. The molecule has 0 aromatic carbocycles. The number of cyclic esters (lactones) is 1. The number of aliphatic hydroxyl groups is 2. The lowest BCUT2D eigenvalue weighted by Crippen LogP contribution is -2.28. The van der Waals surface area contributed by atoms with Crippen LogP contribution in [-0.4, -0.2) is 35.0 Å². The zero-order chi connectivity index (χ0) is 9.68. The van der Waals surface area contributed by atoms with E-state index in [1.54, 1.807) is 6.08 Å². The summed E-state index contributed by atoms with van der Waals surface area (Å²) in [5, 5.41) is 18.5. The summed E-state index contributed by atoms with van der Waals surface area (Å²) in [6.45, 7) is 0.381. The lowest BCUT2D eigenvalue weighted by molar-refractivity contribution is -0.147. The summed E-state index contributed by atoms with van der Waals surface area (Å²) in [7, 11) is 0. The molecule has 0 spiro atoms. The molecule has 2 unspecified atom stereocenters. The highest BCUT2D eigenvalue weighted by atomic mass is 16.5. The van der Waals surface area contributed by atoms with Gasteiger partial charge >= 0.3 is 5.97 Å². The second-order valence-electron chi connectivity index (χ2n) is 3.05. The minimum Gasteiger partial charge on any atom is -0.466 e. The van der Waals surface area contributed by atoms with Crippen molar-refractivity contribution >= 4 is 5.97 Å². The number of esters is 1. The van der Waals surface area contributed by atoms with Gasteiger partial charge in [0.2, 0.25) is 0 Å². The molecule has 0 aromatic rings. The summed E-state index contributed by atoms with van der Waals surface area (Å²) in [6, 6.07) is 0. The molecular formula is C9H14O4. The molecule has 0 saturated carbocycles. The second kappa shape index (κ2) is 4.99. The third kappa shape index (κ3) is 3.57. The fraction of sp³-hybridized carbons (Fsp3) is 0.667. The fourth-order valence-electron chi connectivity index (χ4n) is 1.10. The Morgan fingerprint density at radius 1 is 1.46 bits per heavy atom. The van der Waals surface area contributed by atoms with Crippen molar-refractivity contribution in [1.29, 1.82) is 0 Å². The van der Waals surface area contributed by atoms with Crippen molar-refractivity contribution < 1.29 is 19.7 Å². The van der Waals surface area contributed by atoms with E-state index >= 15 is 0 Å². The number of allylic oxidation sites excluding steroid dienone is 1. The molecule has 1 rings (SSSR count). The number of carbonyl (C=O) groups excluding carboxylic acids is 1. The van der Waals surface area contributed by atoms with Gasteiger partial charge in [0.05, 0.1) is 25.2 Å². The van der Waals surface area contributed by atoms with Crippen molar-refractivity contribution in [3.8, 4) is 0 Å². The number of hydrogen-bond acceptors (Lipinski definition) is 4. The van der Waals surface area contributed by atoms with Crippen LogP contribution in [-0.2, 0) is 9.53 Å². The Balaban J connectivity index is 2.54. The number of hydrogen-bond donors (Lipinski definition) is 2. The molecule has 4 nitrogen and oxygen atoms in total. The third-order valence-electron chi connectivity index (χ3n) is 1.88. The van der Waals surface area contributed by atoms with Crippen LogP contribution < -0.4 is 0 Å². The van der Waals surface area contributed by atoms with Gasteiger partial charge < -0.3 is 14.9 Å². The van der Waals surface area contributed by atoms with E-state index < -0.39 is 18.2 Å². The van der Waals surface area contributed by atoms with Crippen molar-refractivity contribution in [3.05, 3.63) is 12.2 Å². The van der Waals surface area contributed by atoms with Gasteiger partial charge in [0, 0.05) is 0 Å². The Labute approximate surface area is 76.8 Å². The van der Waals surface area contributed by atoms with Gasteiger partial charge in [-0.25, -0.2) is 0 Å². The van der Waals surface area contributed by atoms with Gasteiger partial charge in [-0.05, 0) is 12.8 Å². The smallest absolute Gasteiger partial charge is 0.308 e. The van der Waals surface area contributed by atoms with Gasteiger partial charge in [-0.1, -0.05) is 12.2 Å². The van der Waals surface area contributed by atoms with Gasteiger partial charge in [-0.2, -0.15) is 0 Å². The average molecular weight is 186 g/mol. The van der Waals surface area contributed by atoms with Gasteiger partial charge in [-0.15, -0.1) is 0 Å². The molecule has 0 radical (unpaired) electrons. The number of rotatable bonds is 0. The maximum Gasteiger partial charge on any atom is 0.308 e. The largest absolute Gasteiger partial charge is 0.466 e. The number of carbonyl (C=O) groups is 1. The first-order valence-corrected chi connectivity index (χ1v) is 4.38. The predicted octanol–water partition coefficient (Wildman–Crippen LogP) is -0.00850. The second-order valence-corrected chi connectivity index (χ2v) is 3.05. The predicted molar refractivity (Wildman–Crippen MR) is 46.0 cm³/mol. The quantitative estimate of drug-likeness (QED) is 0.412. The molecule has 0 aliphatic carbocycles. The molecule has 0 amide bonds. The van der Waals surface area contributed by atoms with Gasteiger partial charge in [-0.3, -0.25) is 4.79 Å². The van der Waals surface area contributed by atoms with E-state index in [1.165, 1.54) is 6.08 Å². The van der Waals surface area contributed by atoms with Crippen molar-refractivity contribution in [2.45, 2.75) is 31.5 Å². The molecule has 0 aromatic heterocycles. The summed E-state index contributed by atoms with van der Waals surface area (Å²) in [5.74, 6) is -0.457. The monoisotopic (exact) mass is 186 g/mol. The molecule has 2 atom stereocenters. The minimum absolute atomic E-state index is 0.147. The first kappa shape index (κ1) is 10.2. The van der Waals surface area contributed by atoms with E-state index in [4.69, 9.17) is 4.74 Å². The number of aliphatic hydroxyl groups excluding tert-OH is 2. The summed E-state index contributed by atoms with van der Waals surface area (Å²) in [6.07, 6.45) is 2.64. The van der Waals surface area contributed by atoms with Crippen molar-refractivity contribution in [1.82, 2.24) is 0 Å². The van der Waals surface area contributed by atoms with Crippen LogP contribution in [0.4, 0.5) is 0 Å². The van der Waals surface area contributed by atoms with Crippen LogP contribution in [0, 0.1) is 0 Å². The maximum absolute atomic E-state index is 10.9. The summed E-state index contributed by atoms with van der Waals surface area (Å²) >= 11 is 0.